The summed E-state index contributed by atoms with van der Waals surface area (Å²) in [6, 6.07) is -4.11. The Hall–Kier alpha value is -4.44. The number of carbonyl (C=O) groups is 7. The Bertz CT molecular complexity index is 1140. The summed E-state index contributed by atoms with van der Waals surface area (Å²) in [6.45, 7) is 0.181. The van der Waals surface area contributed by atoms with Gasteiger partial charge in [-0.25, -0.2) is 9.59 Å². The van der Waals surface area contributed by atoms with Crippen LogP contribution in [0.2, 0.25) is 0 Å². The van der Waals surface area contributed by atoms with E-state index in [1.807, 2.05) is 0 Å². The van der Waals surface area contributed by atoms with E-state index in [9.17, 15) is 43.8 Å². The van der Waals surface area contributed by atoms with Gasteiger partial charge in [0.15, 0.2) is 5.96 Å². The van der Waals surface area contributed by atoms with E-state index in [0.717, 1.165) is 44.9 Å². The Morgan fingerprint density at radius 1 is 0.453 bits per heavy atom. The van der Waals surface area contributed by atoms with Gasteiger partial charge in [0, 0.05) is 32.2 Å². The second-order valence-electron chi connectivity index (χ2n) is 13.5. The maximum absolute atomic E-state index is 12.8. The SMILES string of the molecule is N=C(N)NCCC[C@H](NC(=O)[C@H](CCC(=O)O)NC(=O)CC[C@H](NC(=O)CCCCCCCCCCCCCCCCCCC(=O)O)C(=O)O)C(=O)O. The molecule has 0 radical (unpaired) electrons. The second-order valence-corrected chi connectivity index (χ2v) is 13.5. The molecule has 11 N–H and O–H groups in total. The number of unbranched alkanes of at least 4 members (excludes halogenated alkanes) is 15. The molecule has 17 nitrogen and oxygen atoms in total. The third-order valence-corrected chi connectivity index (χ3v) is 8.74. The number of rotatable bonds is 35. The average molecular weight is 757 g/mol. The Labute approximate surface area is 312 Å². The third kappa shape index (κ3) is 29.8. The molecular formula is C36H64N6O11. The van der Waals surface area contributed by atoms with Crippen molar-refractivity contribution in [2.24, 2.45) is 5.73 Å². The average Bonchev–Trinajstić information content (AvgIpc) is 3.08. The van der Waals surface area contributed by atoms with E-state index in [1.54, 1.807) is 0 Å². The van der Waals surface area contributed by atoms with Crippen LogP contribution in [0.1, 0.15) is 154 Å². The molecule has 0 rings (SSSR count). The number of carboxylic acids is 4. The fourth-order valence-corrected chi connectivity index (χ4v) is 5.70. The number of carboxylic acid groups (broad SMARTS) is 4. The fraction of sp³-hybridized carbons (Fsp3) is 0.778. The van der Waals surface area contributed by atoms with Crippen molar-refractivity contribution in [1.29, 1.82) is 5.41 Å². The molecule has 0 spiro atoms. The molecule has 0 saturated heterocycles. The van der Waals surface area contributed by atoms with E-state index in [4.69, 9.17) is 21.4 Å². The van der Waals surface area contributed by atoms with Crippen LogP contribution in [0, 0.1) is 5.41 Å². The molecule has 3 atom stereocenters. The molecule has 0 unspecified atom stereocenters. The van der Waals surface area contributed by atoms with Crippen LogP contribution in [0.4, 0.5) is 0 Å². The molecule has 0 aliphatic heterocycles. The summed E-state index contributed by atoms with van der Waals surface area (Å²) in [5.41, 5.74) is 5.19. The first-order valence-corrected chi connectivity index (χ1v) is 19.1. The second kappa shape index (κ2) is 31.1. The first kappa shape index (κ1) is 48.6. The highest BCUT2D eigenvalue weighted by Gasteiger charge is 2.28. The molecule has 0 aliphatic carbocycles. The normalized spacial score (nSPS) is 12.5. The van der Waals surface area contributed by atoms with Crippen LogP contribution in [0.15, 0.2) is 0 Å². The zero-order valence-corrected chi connectivity index (χ0v) is 31.1. The summed E-state index contributed by atoms with van der Waals surface area (Å²) in [6.07, 6.45) is 16.2. The Balaban J connectivity index is 4.36. The van der Waals surface area contributed by atoms with Gasteiger partial charge in [-0.1, -0.05) is 89.9 Å². The summed E-state index contributed by atoms with van der Waals surface area (Å²) >= 11 is 0. The smallest absolute Gasteiger partial charge is 0.326 e. The molecule has 0 fully saturated rings. The van der Waals surface area contributed by atoms with Crippen LogP contribution < -0.4 is 27.0 Å². The Morgan fingerprint density at radius 3 is 1.26 bits per heavy atom. The molecule has 0 heterocycles. The van der Waals surface area contributed by atoms with Gasteiger partial charge in [0.2, 0.25) is 17.7 Å². The number of aliphatic carboxylic acids is 4. The van der Waals surface area contributed by atoms with Crippen molar-refractivity contribution in [2.75, 3.05) is 6.54 Å². The predicted octanol–water partition coefficient (Wildman–Crippen LogP) is 3.62. The number of nitrogens with one attached hydrogen (secondary N) is 5. The maximum atomic E-state index is 12.8. The van der Waals surface area contributed by atoms with Gasteiger partial charge < -0.3 is 47.4 Å². The quantitative estimate of drug-likeness (QED) is 0.0251. The van der Waals surface area contributed by atoms with Crippen molar-refractivity contribution in [3.8, 4) is 0 Å². The predicted molar refractivity (Wildman–Crippen MR) is 197 cm³/mol. The third-order valence-electron chi connectivity index (χ3n) is 8.74. The molecule has 0 aromatic heterocycles. The lowest BCUT2D eigenvalue weighted by Gasteiger charge is -2.22. The van der Waals surface area contributed by atoms with Gasteiger partial charge in [-0.3, -0.25) is 29.4 Å². The summed E-state index contributed by atoms with van der Waals surface area (Å²) < 4.78 is 0. The molecule has 304 valence electrons. The van der Waals surface area contributed by atoms with Crippen molar-refractivity contribution in [3.63, 3.8) is 0 Å². The van der Waals surface area contributed by atoms with E-state index in [-0.39, 0.29) is 51.0 Å². The Morgan fingerprint density at radius 2 is 0.830 bits per heavy atom. The number of amides is 3. The van der Waals surface area contributed by atoms with E-state index in [1.165, 1.54) is 51.4 Å². The van der Waals surface area contributed by atoms with Gasteiger partial charge in [-0.15, -0.1) is 0 Å². The van der Waals surface area contributed by atoms with Crippen molar-refractivity contribution < 1.29 is 54.0 Å². The summed E-state index contributed by atoms with van der Waals surface area (Å²) in [5.74, 6) is -7.09. The van der Waals surface area contributed by atoms with E-state index in [0.29, 0.717) is 6.42 Å². The van der Waals surface area contributed by atoms with Crippen molar-refractivity contribution >= 4 is 47.6 Å². The molecule has 17 heteroatoms. The molecule has 53 heavy (non-hydrogen) atoms. The topological polar surface area (TPSA) is 298 Å². The monoisotopic (exact) mass is 756 g/mol. The largest absolute Gasteiger partial charge is 0.481 e. The first-order chi connectivity index (χ1) is 25.2. The number of carbonyl (C=O) groups excluding carboxylic acids is 3. The summed E-state index contributed by atoms with van der Waals surface area (Å²) in [4.78, 5) is 82.9. The van der Waals surface area contributed by atoms with Gasteiger partial charge in [0.1, 0.15) is 18.1 Å². The molecule has 0 saturated carbocycles. The van der Waals surface area contributed by atoms with Gasteiger partial charge >= 0.3 is 23.9 Å². The minimum atomic E-state index is -1.40. The lowest BCUT2D eigenvalue weighted by atomic mass is 10.0. The van der Waals surface area contributed by atoms with Crippen molar-refractivity contribution in [2.45, 2.75) is 172 Å². The maximum Gasteiger partial charge on any atom is 0.326 e. The minimum absolute atomic E-state index is 0.0368. The van der Waals surface area contributed by atoms with Gasteiger partial charge in [0.25, 0.3) is 0 Å². The highest BCUT2D eigenvalue weighted by atomic mass is 16.4. The fourth-order valence-electron chi connectivity index (χ4n) is 5.70. The Kier molecular flexibility index (Phi) is 28.5. The molecule has 0 aliphatic rings. The van der Waals surface area contributed by atoms with Crippen LogP contribution in [-0.4, -0.2) is 92.7 Å². The van der Waals surface area contributed by atoms with Crippen molar-refractivity contribution in [3.05, 3.63) is 0 Å². The highest BCUT2D eigenvalue weighted by molar-refractivity contribution is 5.91. The van der Waals surface area contributed by atoms with Crippen LogP contribution in [-0.2, 0) is 33.6 Å². The standard InChI is InChI=1S/C36H64N6O11/c37-36(38)39-25-17-18-27(34(50)51)42-33(49)26(22-24-32(47)48)40-30(44)23-21-28(35(52)53)41-29(43)19-15-13-11-9-7-5-3-1-2-4-6-8-10-12-14-16-20-31(45)46/h26-28H,1-25H2,(H,40,44)(H,41,43)(H,42,49)(H,45,46)(H,47,48)(H,50,51)(H,52,53)(H4,37,38,39)/t26-,27-,28-/m0/s1. The first-order valence-electron chi connectivity index (χ1n) is 19.1. The number of hydrogen-bond donors (Lipinski definition) is 10. The van der Waals surface area contributed by atoms with Crippen LogP contribution in [0.3, 0.4) is 0 Å². The molecule has 0 bridgehead atoms. The van der Waals surface area contributed by atoms with Gasteiger partial charge in [-0.2, -0.15) is 0 Å². The van der Waals surface area contributed by atoms with Crippen molar-refractivity contribution in [1.82, 2.24) is 21.3 Å². The van der Waals surface area contributed by atoms with E-state index < -0.39 is 72.6 Å². The zero-order chi connectivity index (χ0) is 39.9. The number of nitrogens with two attached hydrogens (primary N) is 1. The van der Waals surface area contributed by atoms with Gasteiger partial charge in [-0.05, 0) is 38.5 Å². The molecule has 0 aromatic rings. The van der Waals surface area contributed by atoms with Crippen LogP contribution in [0.25, 0.3) is 0 Å². The molecular weight excluding hydrogens is 692 g/mol. The lowest BCUT2D eigenvalue weighted by Crippen LogP contribution is -2.52. The van der Waals surface area contributed by atoms with Crippen LogP contribution in [0.5, 0.6) is 0 Å². The molecule has 3 amide bonds. The van der Waals surface area contributed by atoms with E-state index >= 15 is 0 Å². The van der Waals surface area contributed by atoms with E-state index in [2.05, 4.69) is 21.3 Å². The summed E-state index contributed by atoms with van der Waals surface area (Å²) in [7, 11) is 0. The lowest BCUT2D eigenvalue weighted by molar-refractivity contribution is -0.143. The number of guanidine groups is 1. The minimum Gasteiger partial charge on any atom is -0.481 e. The molecule has 0 aromatic carbocycles. The van der Waals surface area contributed by atoms with Gasteiger partial charge in [0.05, 0.1) is 0 Å². The van der Waals surface area contributed by atoms with Crippen LogP contribution >= 0.6 is 0 Å². The number of hydrogen-bond acceptors (Lipinski definition) is 8. The highest BCUT2D eigenvalue weighted by Crippen LogP contribution is 2.15. The summed E-state index contributed by atoms with van der Waals surface area (Å²) in [5, 5.41) is 53.5. The zero-order valence-electron chi connectivity index (χ0n) is 31.1.